The summed E-state index contributed by atoms with van der Waals surface area (Å²) in [5.41, 5.74) is -0.297. The number of fused-ring (bicyclic) bond motifs is 1. The Morgan fingerprint density at radius 2 is 2.00 bits per heavy atom. The van der Waals surface area contributed by atoms with E-state index in [1.807, 2.05) is 12.1 Å². The average molecular weight is 470 g/mol. The van der Waals surface area contributed by atoms with Crippen molar-refractivity contribution in [3.63, 3.8) is 0 Å². The number of carbonyl (C=O) groups is 2. The van der Waals surface area contributed by atoms with Crippen LogP contribution in [0.15, 0.2) is 58.1 Å². The van der Waals surface area contributed by atoms with Crippen molar-refractivity contribution < 1.29 is 9.59 Å². The third-order valence-electron chi connectivity index (χ3n) is 5.17. The van der Waals surface area contributed by atoms with Crippen LogP contribution in [0.25, 0.3) is 10.8 Å². The number of pyridine rings is 1. The van der Waals surface area contributed by atoms with Crippen molar-refractivity contribution in [1.29, 1.82) is 0 Å². The van der Waals surface area contributed by atoms with Gasteiger partial charge in [0.1, 0.15) is 12.4 Å². The van der Waals surface area contributed by atoms with Crippen molar-refractivity contribution in [2.45, 2.75) is 19.4 Å². The van der Waals surface area contributed by atoms with Gasteiger partial charge in [-0.1, -0.05) is 18.2 Å². The standard InChI is InChI=1S/C21H20BrN5O3/c22-16-7-8-18(23-11-16)25-20(29)15-5-3-9-26(12-15)19(28)13-27-21(30)17-6-2-1-4-14(17)10-24-27/h1-2,4,6-8,10-11,15H,3,5,9,12-13H2,(H,23,25,29). The Morgan fingerprint density at radius 1 is 1.17 bits per heavy atom. The Morgan fingerprint density at radius 3 is 2.80 bits per heavy atom. The number of benzene rings is 1. The van der Waals surface area contributed by atoms with Gasteiger partial charge in [-0.2, -0.15) is 5.10 Å². The summed E-state index contributed by atoms with van der Waals surface area (Å²) in [6.45, 7) is 0.720. The van der Waals surface area contributed by atoms with Crippen molar-refractivity contribution in [1.82, 2.24) is 19.7 Å². The van der Waals surface area contributed by atoms with Gasteiger partial charge >= 0.3 is 0 Å². The van der Waals surface area contributed by atoms with E-state index < -0.39 is 0 Å². The maximum atomic E-state index is 12.8. The molecule has 1 atom stereocenters. The van der Waals surface area contributed by atoms with Crippen molar-refractivity contribution in [3.8, 4) is 0 Å². The van der Waals surface area contributed by atoms with Gasteiger partial charge in [0, 0.05) is 29.1 Å². The fourth-order valence-electron chi connectivity index (χ4n) is 3.56. The highest BCUT2D eigenvalue weighted by molar-refractivity contribution is 9.10. The van der Waals surface area contributed by atoms with E-state index in [2.05, 4.69) is 31.3 Å². The van der Waals surface area contributed by atoms with Crippen LogP contribution in [0.4, 0.5) is 5.82 Å². The second-order valence-electron chi connectivity index (χ2n) is 7.22. The summed E-state index contributed by atoms with van der Waals surface area (Å²) >= 11 is 3.31. The predicted octanol–water partition coefficient (Wildman–Crippen LogP) is 2.43. The maximum Gasteiger partial charge on any atom is 0.275 e. The van der Waals surface area contributed by atoms with Crippen molar-refractivity contribution in [3.05, 3.63) is 63.6 Å². The van der Waals surface area contributed by atoms with Gasteiger partial charge in [0.05, 0.1) is 17.5 Å². The van der Waals surface area contributed by atoms with Gasteiger partial charge in [-0.3, -0.25) is 14.4 Å². The number of likely N-dealkylation sites (tertiary alicyclic amines) is 1. The van der Waals surface area contributed by atoms with Crippen LogP contribution in [-0.2, 0) is 16.1 Å². The molecule has 3 aromatic rings. The topological polar surface area (TPSA) is 97.2 Å². The van der Waals surface area contributed by atoms with Crippen molar-refractivity contribution in [2.75, 3.05) is 18.4 Å². The lowest BCUT2D eigenvalue weighted by molar-refractivity contribution is -0.135. The first-order valence-corrected chi connectivity index (χ1v) is 10.5. The molecule has 0 saturated carbocycles. The molecule has 1 aliphatic heterocycles. The van der Waals surface area contributed by atoms with E-state index in [9.17, 15) is 14.4 Å². The molecule has 9 heteroatoms. The lowest BCUT2D eigenvalue weighted by Crippen LogP contribution is -2.46. The molecular weight excluding hydrogens is 450 g/mol. The molecule has 0 spiro atoms. The van der Waals surface area contributed by atoms with E-state index in [-0.39, 0.29) is 29.8 Å². The van der Waals surface area contributed by atoms with Crippen LogP contribution < -0.4 is 10.9 Å². The lowest BCUT2D eigenvalue weighted by atomic mass is 9.97. The summed E-state index contributed by atoms with van der Waals surface area (Å²) in [7, 11) is 0. The Labute approximate surface area is 181 Å². The predicted molar refractivity (Wildman–Crippen MR) is 116 cm³/mol. The van der Waals surface area contributed by atoms with Gasteiger partial charge in [-0.25, -0.2) is 9.67 Å². The summed E-state index contributed by atoms with van der Waals surface area (Å²) in [5, 5.41) is 8.19. The number of amides is 2. The van der Waals surface area contributed by atoms with Gasteiger partial charge in [-0.05, 0) is 47.0 Å². The Balaban J connectivity index is 1.42. The van der Waals surface area contributed by atoms with Crippen LogP contribution in [0.5, 0.6) is 0 Å². The minimum absolute atomic E-state index is 0.147. The fraction of sp³-hybridized carbons (Fsp3) is 0.286. The SMILES string of the molecule is O=C(Nc1ccc(Br)cn1)C1CCCN(C(=O)Cn2ncc3ccccc3c2=O)C1. The zero-order chi connectivity index (χ0) is 21.1. The van der Waals surface area contributed by atoms with Crippen molar-refractivity contribution in [2.24, 2.45) is 5.92 Å². The molecule has 0 aliphatic carbocycles. The van der Waals surface area contributed by atoms with Crippen LogP contribution >= 0.6 is 15.9 Å². The number of aromatic nitrogens is 3. The number of nitrogens with one attached hydrogen (secondary N) is 1. The summed E-state index contributed by atoms with van der Waals surface area (Å²) in [6, 6.07) is 10.7. The Hall–Kier alpha value is -3.07. The van der Waals surface area contributed by atoms with Crippen LogP contribution in [0.2, 0.25) is 0 Å². The number of rotatable bonds is 4. The van der Waals surface area contributed by atoms with Gasteiger partial charge in [-0.15, -0.1) is 0 Å². The molecule has 1 N–H and O–H groups in total. The molecule has 2 amide bonds. The molecule has 1 aromatic carbocycles. The third-order valence-corrected chi connectivity index (χ3v) is 5.64. The largest absolute Gasteiger partial charge is 0.340 e. The number of halogens is 1. The van der Waals surface area contributed by atoms with E-state index in [1.165, 1.54) is 4.68 Å². The number of hydrogen-bond acceptors (Lipinski definition) is 5. The van der Waals surface area contributed by atoms with E-state index in [0.717, 1.165) is 16.3 Å². The number of carbonyl (C=O) groups excluding carboxylic acids is 2. The van der Waals surface area contributed by atoms with Gasteiger partial charge in [0.15, 0.2) is 0 Å². The summed E-state index contributed by atoms with van der Waals surface area (Å²) < 4.78 is 2.01. The first kappa shape index (κ1) is 20.2. The molecule has 3 heterocycles. The first-order chi connectivity index (χ1) is 14.5. The van der Waals surface area contributed by atoms with E-state index in [0.29, 0.717) is 30.7 Å². The molecule has 1 fully saturated rings. The second-order valence-corrected chi connectivity index (χ2v) is 8.14. The molecule has 154 valence electrons. The number of anilines is 1. The van der Waals surface area contributed by atoms with Gasteiger partial charge < -0.3 is 10.2 Å². The van der Waals surface area contributed by atoms with Crippen LogP contribution in [0.3, 0.4) is 0 Å². The van der Waals surface area contributed by atoms with Crippen molar-refractivity contribution >= 4 is 44.3 Å². The highest BCUT2D eigenvalue weighted by atomic mass is 79.9. The highest BCUT2D eigenvalue weighted by Crippen LogP contribution is 2.19. The molecule has 0 radical (unpaired) electrons. The summed E-state index contributed by atoms with van der Waals surface area (Å²) in [4.78, 5) is 43.8. The zero-order valence-corrected chi connectivity index (χ0v) is 17.7. The smallest absolute Gasteiger partial charge is 0.275 e. The lowest BCUT2D eigenvalue weighted by Gasteiger charge is -2.32. The molecule has 2 aromatic heterocycles. The first-order valence-electron chi connectivity index (χ1n) is 9.66. The number of hydrogen-bond donors (Lipinski definition) is 1. The molecule has 1 aliphatic rings. The normalized spacial score (nSPS) is 16.4. The van der Waals surface area contributed by atoms with Crippen LogP contribution in [0.1, 0.15) is 12.8 Å². The van der Waals surface area contributed by atoms with E-state index in [4.69, 9.17) is 0 Å². The minimum Gasteiger partial charge on any atom is -0.340 e. The van der Waals surface area contributed by atoms with E-state index >= 15 is 0 Å². The number of nitrogens with zero attached hydrogens (tertiary/aromatic N) is 4. The van der Waals surface area contributed by atoms with Crippen LogP contribution in [0, 0.1) is 5.92 Å². The monoisotopic (exact) mass is 469 g/mol. The summed E-state index contributed by atoms with van der Waals surface area (Å²) in [6.07, 6.45) is 4.61. The maximum absolute atomic E-state index is 12.8. The summed E-state index contributed by atoms with van der Waals surface area (Å²) in [5.74, 6) is -0.240. The molecule has 1 unspecified atom stereocenters. The molecule has 30 heavy (non-hydrogen) atoms. The third kappa shape index (κ3) is 4.40. The second kappa shape index (κ2) is 8.74. The van der Waals surface area contributed by atoms with E-state index in [1.54, 1.807) is 41.6 Å². The molecule has 4 rings (SSSR count). The molecule has 0 bridgehead atoms. The van der Waals surface area contributed by atoms with Gasteiger partial charge in [0.25, 0.3) is 5.56 Å². The molecule has 1 saturated heterocycles. The highest BCUT2D eigenvalue weighted by Gasteiger charge is 2.29. The Bertz CT molecular complexity index is 1150. The number of piperidine rings is 1. The van der Waals surface area contributed by atoms with Gasteiger partial charge in [0.2, 0.25) is 11.8 Å². The quantitative estimate of drug-likeness (QED) is 0.632. The zero-order valence-electron chi connectivity index (χ0n) is 16.1. The molecule has 8 nitrogen and oxygen atoms in total. The average Bonchev–Trinajstić information content (AvgIpc) is 2.77. The molecular formula is C21H20BrN5O3. The Kier molecular flexibility index (Phi) is 5.89. The fourth-order valence-corrected chi connectivity index (χ4v) is 3.80. The minimum atomic E-state index is -0.325. The van der Waals surface area contributed by atoms with Crippen LogP contribution in [-0.4, -0.2) is 44.6 Å².